The molecule has 2 saturated heterocycles. The Morgan fingerprint density at radius 3 is 2.80 bits per heavy atom. The van der Waals surface area contributed by atoms with Crippen LogP contribution in [0.2, 0.25) is 0 Å². The number of hydrogen-bond acceptors (Lipinski definition) is 4. The van der Waals surface area contributed by atoms with Crippen LogP contribution in [0.4, 0.5) is 0 Å². The van der Waals surface area contributed by atoms with Gasteiger partial charge >= 0.3 is 0 Å². The Morgan fingerprint density at radius 2 is 2.13 bits per heavy atom. The van der Waals surface area contributed by atoms with Crippen LogP contribution in [0.15, 0.2) is 0 Å². The van der Waals surface area contributed by atoms with Crippen molar-refractivity contribution in [2.45, 2.75) is 37.0 Å². The Balaban J connectivity index is 1.74. The molecule has 1 N–H and O–H groups in total. The van der Waals surface area contributed by atoms with Gasteiger partial charge in [0.15, 0.2) is 9.84 Å². The maximum atomic E-state index is 11.4. The molecule has 0 saturated carbocycles. The van der Waals surface area contributed by atoms with Gasteiger partial charge in [0.1, 0.15) is 0 Å². The molecular weight excluding hydrogens is 230 g/mol. The lowest BCUT2D eigenvalue weighted by Crippen LogP contribution is -2.42. The van der Waals surface area contributed by atoms with Gasteiger partial charge in [-0.05, 0) is 31.4 Å². The third-order valence-corrected chi connectivity index (χ3v) is 6.34. The second-order valence-electron chi connectivity index (χ2n) is 4.50. The molecule has 0 spiro atoms. The van der Waals surface area contributed by atoms with Crippen molar-refractivity contribution < 1.29 is 8.42 Å². The van der Waals surface area contributed by atoms with E-state index in [1.54, 1.807) is 0 Å². The van der Waals surface area contributed by atoms with E-state index in [1.807, 2.05) is 11.8 Å². The van der Waals surface area contributed by atoms with Crippen molar-refractivity contribution in [3.63, 3.8) is 0 Å². The first-order valence-corrected chi connectivity index (χ1v) is 8.58. The van der Waals surface area contributed by atoms with Gasteiger partial charge in [0.05, 0.1) is 11.5 Å². The van der Waals surface area contributed by atoms with Crippen LogP contribution in [0.5, 0.6) is 0 Å². The SMILES string of the molecule is O=S1(=O)CCCC(NCC2CCCS2)C1. The summed E-state index contributed by atoms with van der Waals surface area (Å²) >= 11 is 2.02. The third kappa shape index (κ3) is 3.64. The number of thioether (sulfide) groups is 1. The van der Waals surface area contributed by atoms with E-state index in [0.29, 0.717) is 11.5 Å². The van der Waals surface area contributed by atoms with Crippen LogP contribution >= 0.6 is 11.8 Å². The first kappa shape index (κ1) is 11.7. The van der Waals surface area contributed by atoms with E-state index in [0.717, 1.165) is 24.6 Å². The summed E-state index contributed by atoms with van der Waals surface area (Å²) in [6.45, 7) is 0.991. The third-order valence-electron chi connectivity index (χ3n) is 3.12. The van der Waals surface area contributed by atoms with Crippen molar-refractivity contribution in [1.82, 2.24) is 5.32 Å². The quantitative estimate of drug-likeness (QED) is 0.812. The van der Waals surface area contributed by atoms with Gasteiger partial charge in [-0.15, -0.1) is 0 Å². The molecule has 3 nitrogen and oxygen atoms in total. The van der Waals surface area contributed by atoms with Crippen LogP contribution in [0, 0.1) is 0 Å². The minimum atomic E-state index is -2.75. The summed E-state index contributed by atoms with van der Waals surface area (Å²) < 4.78 is 22.8. The summed E-state index contributed by atoms with van der Waals surface area (Å²) in [5, 5.41) is 4.14. The lowest BCUT2D eigenvalue weighted by atomic mass is 10.1. The fourth-order valence-corrected chi connectivity index (χ4v) is 5.17. The van der Waals surface area contributed by atoms with Crippen LogP contribution in [0.1, 0.15) is 25.7 Å². The fraction of sp³-hybridized carbons (Fsp3) is 1.00. The van der Waals surface area contributed by atoms with Gasteiger partial charge in [0.2, 0.25) is 0 Å². The maximum absolute atomic E-state index is 11.4. The molecule has 2 aliphatic heterocycles. The monoisotopic (exact) mass is 249 g/mol. The van der Waals surface area contributed by atoms with E-state index in [9.17, 15) is 8.42 Å². The van der Waals surface area contributed by atoms with Crippen molar-refractivity contribution >= 4 is 21.6 Å². The molecule has 2 heterocycles. The molecule has 0 radical (unpaired) electrons. The van der Waals surface area contributed by atoms with E-state index >= 15 is 0 Å². The Morgan fingerprint density at radius 1 is 1.27 bits per heavy atom. The molecule has 0 bridgehead atoms. The summed E-state index contributed by atoms with van der Waals surface area (Å²) in [6, 6.07) is 0.213. The molecular formula is C10H19NO2S2. The van der Waals surface area contributed by atoms with Gasteiger partial charge in [-0.2, -0.15) is 11.8 Å². The molecule has 88 valence electrons. The average Bonchev–Trinajstić information content (AvgIpc) is 2.65. The lowest BCUT2D eigenvalue weighted by molar-refractivity contribution is 0.477. The van der Waals surface area contributed by atoms with Crippen molar-refractivity contribution in [2.75, 3.05) is 23.8 Å². The second-order valence-corrected chi connectivity index (χ2v) is 8.13. The van der Waals surface area contributed by atoms with Gasteiger partial charge in [-0.1, -0.05) is 0 Å². The smallest absolute Gasteiger partial charge is 0.151 e. The first-order valence-electron chi connectivity index (χ1n) is 5.71. The molecule has 0 amide bonds. The molecule has 2 unspecified atom stereocenters. The van der Waals surface area contributed by atoms with Gasteiger partial charge < -0.3 is 5.32 Å². The molecule has 0 aromatic heterocycles. The minimum Gasteiger partial charge on any atom is -0.312 e. The minimum absolute atomic E-state index is 0.213. The normalized spacial score (nSPS) is 35.5. The predicted molar refractivity (Wildman–Crippen MR) is 65.2 cm³/mol. The fourth-order valence-electron chi connectivity index (χ4n) is 2.29. The van der Waals surface area contributed by atoms with E-state index in [-0.39, 0.29) is 6.04 Å². The zero-order valence-corrected chi connectivity index (χ0v) is 10.6. The van der Waals surface area contributed by atoms with Crippen molar-refractivity contribution in [2.24, 2.45) is 0 Å². The standard InChI is InChI=1S/C10H19NO2S2/c12-15(13)6-2-3-9(8-15)11-7-10-4-1-5-14-10/h9-11H,1-8H2. The molecule has 0 aliphatic carbocycles. The highest BCUT2D eigenvalue weighted by molar-refractivity contribution is 8.00. The lowest BCUT2D eigenvalue weighted by Gasteiger charge is -2.24. The molecule has 0 aromatic carbocycles. The van der Waals surface area contributed by atoms with Crippen molar-refractivity contribution in [3.05, 3.63) is 0 Å². The van der Waals surface area contributed by atoms with Crippen LogP contribution < -0.4 is 5.32 Å². The van der Waals surface area contributed by atoms with E-state index in [1.165, 1.54) is 18.6 Å². The van der Waals surface area contributed by atoms with Gasteiger partial charge in [0.25, 0.3) is 0 Å². The van der Waals surface area contributed by atoms with Gasteiger partial charge in [0, 0.05) is 17.8 Å². The molecule has 2 fully saturated rings. The molecule has 2 atom stereocenters. The van der Waals surface area contributed by atoms with Gasteiger partial charge in [-0.25, -0.2) is 8.42 Å². The topological polar surface area (TPSA) is 46.2 Å². The highest BCUT2D eigenvalue weighted by atomic mass is 32.2. The van der Waals surface area contributed by atoms with Gasteiger partial charge in [-0.3, -0.25) is 0 Å². The first-order chi connectivity index (χ1) is 7.16. The van der Waals surface area contributed by atoms with Crippen molar-refractivity contribution in [3.8, 4) is 0 Å². The van der Waals surface area contributed by atoms with E-state index in [4.69, 9.17) is 0 Å². The number of rotatable bonds is 3. The van der Waals surface area contributed by atoms with E-state index in [2.05, 4.69) is 5.32 Å². The van der Waals surface area contributed by atoms with Crippen LogP contribution in [0.25, 0.3) is 0 Å². The summed E-state index contributed by atoms with van der Waals surface area (Å²) in [5.41, 5.74) is 0. The molecule has 0 aromatic rings. The Kier molecular flexibility index (Phi) is 3.96. The molecule has 5 heteroatoms. The molecule has 2 rings (SSSR count). The molecule has 2 aliphatic rings. The molecule has 15 heavy (non-hydrogen) atoms. The number of sulfone groups is 1. The zero-order chi connectivity index (χ0) is 10.7. The summed E-state index contributed by atoms with van der Waals surface area (Å²) in [4.78, 5) is 0. The average molecular weight is 249 g/mol. The van der Waals surface area contributed by atoms with Crippen LogP contribution in [-0.4, -0.2) is 43.5 Å². The summed E-state index contributed by atoms with van der Waals surface area (Å²) in [5.74, 6) is 2.02. The number of hydrogen-bond donors (Lipinski definition) is 1. The second kappa shape index (κ2) is 5.06. The van der Waals surface area contributed by atoms with Crippen LogP contribution in [-0.2, 0) is 9.84 Å². The largest absolute Gasteiger partial charge is 0.312 e. The predicted octanol–water partition coefficient (Wildman–Crippen LogP) is 1.05. The zero-order valence-electron chi connectivity index (χ0n) is 8.94. The van der Waals surface area contributed by atoms with Crippen molar-refractivity contribution in [1.29, 1.82) is 0 Å². The number of nitrogens with one attached hydrogen (secondary N) is 1. The maximum Gasteiger partial charge on any atom is 0.151 e. The Bertz CT molecular complexity index is 297. The highest BCUT2D eigenvalue weighted by Crippen LogP contribution is 2.25. The highest BCUT2D eigenvalue weighted by Gasteiger charge is 2.25. The summed E-state index contributed by atoms with van der Waals surface area (Å²) in [7, 11) is -2.75. The van der Waals surface area contributed by atoms with E-state index < -0.39 is 9.84 Å². The summed E-state index contributed by atoms with van der Waals surface area (Å²) in [6.07, 6.45) is 4.46. The Hall–Kier alpha value is 0.260. The van der Waals surface area contributed by atoms with Crippen LogP contribution in [0.3, 0.4) is 0 Å². The Labute approximate surface area is 96.3 Å².